The summed E-state index contributed by atoms with van der Waals surface area (Å²) in [4.78, 5) is 40.6. The molecule has 2 amide bonds. The van der Waals surface area contributed by atoms with Crippen LogP contribution >= 0.6 is 34.9 Å². The maximum atomic E-state index is 13.4. The molecule has 4 atom stereocenters. The summed E-state index contributed by atoms with van der Waals surface area (Å²) in [6.45, 7) is 3.99. The SMILES string of the molecule is CCCCCCCC(C(=O)NC1C(=O)N2C(C(=O)O)=C(CSc3nnc(C)s3)CS[C@H]12)S(=O)c1ccccc1. The lowest BCUT2D eigenvalue weighted by atomic mass is 10.0. The minimum Gasteiger partial charge on any atom is -0.477 e. The molecule has 1 fully saturated rings. The van der Waals surface area contributed by atoms with Crippen molar-refractivity contribution in [1.29, 1.82) is 0 Å². The second-order valence-electron chi connectivity index (χ2n) is 9.33. The van der Waals surface area contributed by atoms with Crippen LogP contribution in [0.2, 0.25) is 0 Å². The molecule has 2 aliphatic rings. The maximum absolute atomic E-state index is 13.4. The van der Waals surface area contributed by atoms with Crippen LogP contribution in [0.4, 0.5) is 0 Å². The van der Waals surface area contributed by atoms with Crippen molar-refractivity contribution in [3.8, 4) is 0 Å². The summed E-state index contributed by atoms with van der Waals surface area (Å²) in [6.07, 6.45) is 5.44. The topological polar surface area (TPSA) is 130 Å². The van der Waals surface area contributed by atoms with E-state index in [0.717, 1.165) is 41.5 Å². The number of aromatic nitrogens is 2. The highest BCUT2D eigenvalue weighted by Gasteiger charge is 2.54. The number of carboxylic acid groups (broad SMARTS) is 1. The van der Waals surface area contributed by atoms with E-state index in [1.165, 1.54) is 39.8 Å². The van der Waals surface area contributed by atoms with Crippen LogP contribution in [0.1, 0.15) is 50.5 Å². The Morgan fingerprint density at radius 3 is 2.62 bits per heavy atom. The van der Waals surface area contributed by atoms with Gasteiger partial charge in [-0.15, -0.1) is 22.0 Å². The minimum atomic E-state index is -1.57. The maximum Gasteiger partial charge on any atom is 0.352 e. The standard InChI is InChI=1S/C26H32N4O5S4/c1-3-4-5-6-10-13-19(39(35)18-11-8-7-9-12-18)22(31)27-20-23(32)30-21(25(33)34)17(14-36-24(20)30)15-37-26-29-28-16(2)38-26/h7-9,11-12,19-20,24H,3-6,10,13-15H2,1-2H3,(H,27,31)(H,33,34)/t19?,20?,24-,39?/m1/s1. The largest absolute Gasteiger partial charge is 0.477 e. The molecule has 3 unspecified atom stereocenters. The molecule has 0 bridgehead atoms. The van der Waals surface area contributed by atoms with Gasteiger partial charge in [0.2, 0.25) is 5.91 Å². The van der Waals surface area contributed by atoms with E-state index < -0.39 is 45.2 Å². The van der Waals surface area contributed by atoms with Gasteiger partial charge < -0.3 is 10.4 Å². The van der Waals surface area contributed by atoms with Gasteiger partial charge in [-0.2, -0.15) is 0 Å². The summed E-state index contributed by atoms with van der Waals surface area (Å²) in [5.41, 5.74) is 0.609. The number of aliphatic carboxylic acids is 1. The Kier molecular flexibility index (Phi) is 10.6. The van der Waals surface area contributed by atoms with Crippen molar-refractivity contribution in [2.45, 2.75) is 78.3 Å². The van der Waals surface area contributed by atoms with Gasteiger partial charge >= 0.3 is 5.97 Å². The van der Waals surface area contributed by atoms with E-state index in [9.17, 15) is 23.7 Å². The lowest BCUT2D eigenvalue weighted by Gasteiger charge is -2.49. The molecule has 0 aliphatic carbocycles. The molecule has 2 N–H and O–H groups in total. The quantitative estimate of drug-likeness (QED) is 0.184. The Bertz CT molecular complexity index is 1250. The third kappa shape index (κ3) is 7.11. The zero-order valence-corrected chi connectivity index (χ0v) is 25.1. The summed E-state index contributed by atoms with van der Waals surface area (Å²) in [5, 5.41) is 20.3. The zero-order valence-electron chi connectivity index (χ0n) is 21.8. The number of nitrogens with zero attached hydrogens (tertiary/aromatic N) is 3. The third-order valence-corrected chi connectivity index (χ3v) is 11.6. The van der Waals surface area contributed by atoms with Crippen LogP contribution in [-0.4, -0.2) is 70.4 Å². The van der Waals surface area contributed by atoms with Crippen molar-refractivity contribution in [1.82, 2.24) is 20.4 Å². The molecule has 1 aromatic carbocycles. The fourth-order valence-electron chi connectivity index (χ4n) is 4.51. The van der Waals surface area contributed by atoms with E-state index in [-0.39, 0.29) is 5.70 Å². The molecule has 2 aromatic rings. The van der Waals surface area contributed by atoms with Crippen LogP contribution in [0.5, 0.6) is 0 Å². The number of aryl methyl sites for hydroxylation is 1. The molecule has 39 heavy (non-hydrogen) atoms. The van der Waals surface area contributed by atoms with Crippen molar-refractivity contribution in [3.63, 3.8) is 0 Å². The number of fused-ring (bicyclic) bond motifs is 1. The molecule has 0 radical (unpaired) electrons. The zero-order chi connectivity index (χ0) is 27.9. The first-order valence-electron chi connectivity index (χ1n) is 12.9. The van der Waals surface area contributed by atoms with Crippen molar-refractivity contribution < 1.29 is 23.7 Å². The lowest BCUT2D eigenvalue weighted by molar-refractivity contribution is -0.150. The molecule has 4 rings (SSSR count). The van der Waals surface area contributed by atoms with E-state index in [1.807, 2.05) is 13.0 Å². The molecule has 1 aromatic heterocycles. The van der Waals surface area contributed by atoms with Crippen LogP contribution in [-0.2, 0) is 25.2 Å². The van der Waals surface area contributed by atoms with Crippen LogP contribution in [0.3, 0.4) is 0 Å². The average Bonchev–Trinajstić information content (AvgIpc) is 3.36. The highest BCUT2D eigenvalue weighted by atomic mass is 32.2. The molecule has 1 saturated heterocycles. The molecular formula is C26H32N4O5S4. The van der Waals surface area contributed by atoms with Gasteiger partial charge in [0, 0.05) is 16.4 Å². The number of unbranched alkanes of at least 4 members (excludes halogenated alkanes) is 4. The molecule has 2 aliphatic heterocycles. The first kappa shape index (κ1) is 29.8. The first-order chi connectivity index (χ1) is 18.8. The monoisotopic (exact) mass is 608 g/mol. The first-order valence-corrected chi connectivity index (χ1v) is 17.0. The Hall–Kier alpha value is -2.22. The van der Waals surface area contributed by atoms with Crippen LogP contribution < -0.4 is 5.32 Å². The molecule has 0 spiro atoms. The van der Waals surface area contributed by atoms with E-state index in [0.29, 0.717) is 28.4 Å². The number of hydrogen-bond donors (Lipinski definition) is 2. The van der Waals surface area contributed by atoms with Gasteiger partial charge in [0.25, 0.3) is 5.91 Å². The molecule has 9 nitrogen and oxygen atoms in total. The number of thioether (sulfide) groups is 2. The van der Waals surface area contributed by atoms with Gasteiger partial charge in [0.1, 0.15) is 27.4 Å². The van der Waals surface area contributed by atoms with E-state index in [2.05, 4.69) is 22.4 Å². The average molecular weight is 609 g/mol. The fourth-order valence-corrected chi connectivity index (χ4v) is 9.21. The van der Waals surface area contributed by atoms with Gasteiger partial charge in [0.15, 0.2) is 4.34 Å². The number of benzene rings is 1. The van der Waals surface area contributed by atoms with Gasteiger partial charge in [-0.3, -0.25) is 18.7 Å². The van der Waals surface area contributed by atoms with Crippen LogP contribution in [0, 0.1) is 6.92 Å². The van der Waals surface area contributed by atoms with Crippen molar-refractivity contribution in [3.05, 3.63) is 46.6 Å². The predicted octanol–water partition coefficient (Wildman–Crippen LogP) is 4.21. The molecule has 0 saturated carbocycles. The van der Waals surface area contributed by atoms with Crippen LogP contribution in [0.15, 0.2) is 50.8 Å². The number of rotatable bonds is 14. The van der Waals surface area contributed by atoms with Gasteiger partial charge in [-0.25, -0.2) is 4.79 Å². The third-order valence-electron chi connectivity index (χ3n) is 6.52. The second kappa shape index (κ2) is 13.9. The van der Waals surface area contributed by atoms with E-state index in [4.69, 9.17) is 0 Å². The van der Waals surface area contributed by atoms with Gasteiger partial charge in [-0.05, 0) is 31.1 Å². The van der Waals surface area contributed by atoms with E-state index in [1.54, 1.807) is 24.3 Å². The smallest absolute Gasteiger partial charge is 0.352 e. The normalized spacial score (nSPS) is 20.3. The summed E-state index contributed by atoms with van der Waals surface area (Å²) in [5.74, 6) is -1.26. The number of carboxylic acids is 1. The van der Waals surface area contributed by atoms with Crippen molar-refractivity contribution in [2.24, 2.45) is 0 Å². The molecular weight excluding hydrogens is 577 g/mol. The lowest BCUT2D eigenvalue weighted by Crippen LogP contribution is -2.71. The van der Waals surface area contributed by atoms with Gasteiger partial charge in [0.05, 0.1) is 10.8 Å². The number of nitrogens with one attached hydrogen (secondary N) is 1. The highest BCUT2D eigenvalue weighted by molar-refractivity contribution is 8.01. The molecule has 210 valence electrons. The number of hydrogen-bond acceptors (Lipinski definition) is 9. The number of carbonyl (C=O) groups excluding carboxylic acids is 2. The number of β-lactam (4-membered cyclic amide) rings is 1. The summed E-state index contributed by atoms with van der Waals surface area (Å²) < 4.78 is 14.1. The Balaban J connectivity index is 1.44. The van der Waals surface area contributed by atoms with Crippen molar-refractivity contribution in [2.75, 3.05) is 11.5 Å². The van der Waals surface area contributed by atoms with Crippen LogP contribution in [0.25, 0.3) is 0 Å². The summed E-state index contributed by atoms with van der Waals surface area (Å²) in [6, 6.07) is 8.04. The Labute approximate surface area is 243 Å². The summed E-state index contributed by atoms with van der Waals surface area (Å²) in [7, 11) is -1.57. The van der Waals surface area contributed by atoms with Crippen molar-refractivity contribution >= 4 is 63.4 Å². The van der Waals surface area contributed by atoms with E-state index >= 15 is 0 Å². The Morgan fingerprint density at radius 1 is 1.21 bits per heavy atom. The predicted molar refractivity (Wildman–Crippen MR) is 155 cm³/mol. The Morgan fingerprint density at radius 2 is 1.95 bits per heavy atom. The van der Waals surface area contributed by atoms with Gasteiger partial charge in [-0.1, -0.05) is 80.3 Å². The second-order valence-corrected chi connectivity index (χ2v) is 14.5. The summed E-state index contributed by atoms with van der Waals surface area (Å²) >= 11 is 4.25. The highest BCUT2D eigenvalue weighted by Crippen LogP contribution is 2.42. The number of carbonyl (C=O) groups is 3. The minimum absolute atomic E-state index is 0.0247. The molecule has 3 heterocycles. The molecule has 13 heteroatoms. The number of amides is 2. The fraction of sp³-hybridized carbons (Fsp3) is 0.500.